The van der Waals surface area contributed by atoms with Crippen LogP contribution in [0.25, 0.3) is 0 Å². The highest BCUT2D eigenvalue weighted by atomic mass is 19.1. The number of hydrogen-bond acceptors (Lipinski definition) is 2. The lowest BCUT2D eigenvalue weighted by Crippen LogP contribution is -2.42. The van der Waals surface area contributed by atoms with E-state index < -0.39 is 0 Å². The Morgan fingerprint density at radius 3 is 2.90 bits per heavy atom. The Kier molecular flexibility index (Phi) is 8.24. The van der Waals surface area contributed by atoms with Crippen LogP contribution in [0, 0.1) is 5.82 Å². The summed E-state index contributed by atoms with van der Waals surface area (Å²) in [5.74, 6) is 0.129. The van der Waals surface area contributed by atoms with Gasteiger partial charge in [0.25, 0.3) is 0 Å². The van der Waals surface area contributed by atoms with Crippen molar-refractivity contribution in [3.05, 3.63) is 30.1 Å². The number of nitrogens with one attached hydrogen (secondary N) is 2. The molecule has 0 aliphatic rings. The maximum atomic E-state index is 12.9. The standard InChI is InChI=1S/C16H25FN2O2/c1-3-4-5-7-13(2)19-16(20)18-10-11-21-15-9-6-8-14(17)12-15/h6,8-9,12-13H,3-5,7,10-11H2,1-2H3,(H2,18,19,20). The van der Waals surface area contributed by atoms with E-state index >= 15 is 0 Å². The van der Waals surface area contributed by atoms with E-state index in [0.717, 1.165) is 12.8 Å². The molecule has 0 saturated heterocycles. The van der Waals surface area contributed by atoms with Gasteiger partial charge in [-0.25, -0.2) is 9.18 Å². The molecule has 4 nitrogen and oxygen atoms in total. The van der Waals surface area contributed by atoms with Crippen LogP contribution in [-0.4, -0.2) is 25.2 Å². The number of ether oxygens (including phenoxy) is 1. The van der Waals surface area contributed by atoms with Crippen LogP contribution in [0.1, 0.15) is 39.5 Å². The van der Waals surface area contributed by atoms with Crippen molar-refractivity contribution in [3.63, 3.8) is 0 Å². The van der Waals surface area contributed by atoms with Gasteiger partial charge in [-0.1, -0.05) is 32.3 Å². The summed E-state index contributed by atoms with van der Waals surface area (Å²) >= 11 is 0. The predicted octanol–water partition coefficient (Wildman–Crippen LogP) is 3.47. The average molecular weight is 296 g/mol. The number of amides is 2. The maximum absolute atomic E-state index is 12.9. The number of unbranched alkanes of at least 4 members (excludes halogenated alkanes) is 2. The largest absolute Gasteiger partial charge is 0.492 e. The molecule has 1 rings (SSSR count). The predicted molar refractivity (Wildman–Crippen MR) is 82.0 cm³/mol. The van der Waals surface area contributed by atoms with Crippen molar-refractivity contribution < 1.29 is 13.9 Å². The maximum Gasteiger partial charge on any atom is 0.315 e. The Morgan fingerprint density at radius 2 is 2.19 bits per heavy atom. The number of urea groups is 1. The molecule has 0 saturated carbocycles. The Hall–Kier alpha value is -1.78. The first-order valence-corrected chi connectivity index (χ1v) is 7.54. The fourth-order valence-corrected chi connectivity index (χ4v) is 1.94. The third-order valence-electron chi connectivity index (χ3n) is 3.07. The molecule has 0 radical (unpaired) electrons. The van der Waals surface area contributed by atoms with Gasteiger partial charge in [0, 0.05) is 12.1 Å². The van der Waals surface area contributed by atoms with Crippen molar-refractivity contribution in [2.75, 3.05) is 13.2 Å². The lowest BCUT2D eigenvalue weighted by molar-refractivity contribution is 0.232. The molecule has 0 aromatic heterocycles. The number of benzene rings is 1. The van der Waals surface area contributed by atoms with Crippen molar-refractivity contribution >= 4 is 6.03 Å². The molecule has 21 heavy (non-hydrogen) atoms. The molecule has 2 amide bonds. The molecule has 0 bridgehead atoms. The fourth-order valence-electron chi connectivity index (χ4n) is 1.94. The van der Waals surface area contributed by atoms with Crippen LogP contribution in [0.5, 0.6) is 5.75 Å². The minimum Gasteiger partial charge on any atom is -0.492 e. The molecule has 2 N–H and O–H groups in total. The Balaban J connectivity index is 2.10. The van der Waals surface area contributed by atoms with E-state index in [1.807, 2.05) is 6.92 Å². The minimum atomic E-state index is -0.334. The zero-order valence-electron chi connectivity index (χ0n) is 12.8. The number of hydrogen-bond donors (Lipinski definition) is 2. The molecule has 1 unspecified atom stereocenters. The van der Waals surface area contributed by atoms with Gasteiger partial charge in [0.2, 0.25) is 0 Å². The Morgan fingerprint density at radius 1 is 1.38 bits per heavy atom. The second kappa shape index (κ2) is 10.0. The van der Waals surface area contributed by atoms with Crippen LogP contribution in [-0.2, 0) is 0 Å². The van der Waals surface area contributed by atoms with Crippen LogP contribution in [0.4, 0.5) is 9.18 Å². The lowest BCUT2D eigenvalue weighted by Gasteiger charge is -2.14. The first-order valence-electron chi connectivity index (χ1n) is 7.54. The van der Waals surface area contributed by atoms with Crippen molar-refractivity contribution in [1.29, 1.82) is 0 Å². The third kappa shape index (κ3) is 8.17. The molecule has 0 heterocycles. The summed E-state index contributed by atoms with van der Waals surface area (Å²) < 4.78 is 18.3. The molecular formula is C16H25FN2O2. The Bertz CT molecular complexity index is 426. The highest BCUT2D eigenvalue weighted by Gasteiger charge is 2.06. The van der Waals surface area contributed by atoms with Crippen LogP contribution >= 0.6 is 0 Å². The van der Waals surface area contributed by atoms with E-state index in [9.17, 15) is 9.18 Å². The molecule has 1 aromatic rings. The van der Waals surface area contributed by atoms with Gasteiger partial charge in [-0.2, -0.15) is 0 Å². The normalized spacial score (nSPS) is 11.8. The van der Waals surface area contributed by atoms with Crippen LogP contribution in [0.3, 0.4) is 0 Å². The Labute approximate surface area is 126 Å². The summed E-state index contributed by atoms with van der Waals surface area (Å²) in [7, 11) is 0. The van der Waals surface area contributed by atoms with E-state index in [1.54, 1.807) is 12.1 Å². The van der Waals surface area contributed by atoms with Crippen molar-refractivity contribution in [2.45, 2.75) is 45.6 Å². The van der Waals surface area contributed by atoms with Crippen molar-refractivity contribution in [3.8, 4) is 5.75 Å². The summed E-state index contributed by atoms with van der Waals surface area (Å²) in [6, 6.07) is 5.92. The number of carbonyl (C=O) groups is 1. The second-order valence-electron chi connectivity index (χ2n) is 5.10. The van der Waals surface area contributed by atoms with Gasteiger partial charge in [-0.05, 0) is 25.5 Å². The summed E-state index contributed by atoms with van der Waals surface area (Å²) in [6.07, 6.45) is 4.48. The SMILES string of the molecule is CCCCCC(C)NC(=O)NCCOc1cccc(F)c1. The smallest absolute Gasteiger partial charge is 0.315 e. The van der Waals surface area contributed by atoms with Gasteiger partial charge >= 0.3 is 6.03 Å². The molecule has 0 fully saturated rings. The third-order valence-corrected chi connectivity index (χ3v) is 3.07. The number of rotatable bonds is 9. The minimum absolute atomic E-state index is 0.167. The summed E-state index contributed by atoms with van der Waals surface area (Å²) in [6.45, 7) is 4.84. The van der Waals surface area contributed by atoms with E-state index in [1.165, 1.54) is 25.0 Å². The average Bonchev–Trinajstić information content (AvgIpc) is 2.44. The molecule has 0 aliphatic heterocycles. The number of halogens is 1. The van der Waals surface area contributed by atoms with Crippen LogP contribution in [0.15, 0.2) is 24.3 Å². The fraction of sp³-hybridized carbons (Fsp3) is 0.562. The van der Waals surface area contributed by atoms with E-state index in [0.29, 0.717) is 18.9 Å². The van der Waals surface area contributed by atoms with Gasteiger partial charge in [-0.3, -0.25) is 0 Å². The first kappa shape index (κ1) is 17.3. The molecule has 5 heteroatoms. The summed E-state index contributed by atoms with van der Waals surface area (Å²) in [4.78, 5) is 11.6. The highest BCUT2D eigenvalue weighted by Crippen LogP contribution is 2.11. The zero-order chi connectivity index (χ0) is 15.5. The molecule has 118 valence electrons. The number of carbonyl (C=O) groups excluding carboxylic acids is 1. The first-order chi connectivity index (χ1) is 10.1. The van der Waals surface area contributed by atoms with Gasteiger partial charge in [0.15, 0.2) is 0 Å². The molecule has 0 aliphatic carbocycles. The van der Waals surface area contributed by atoms with E-state index in [2.05, 4.69) is 17.6 Å². The van der Waals surface area contributed by atoms with E-state index in [4.69, 9.17) is 4.74 Å². The van der Waals surface area contributed by atoms with E-state index in [-0.39, 0.29) is 17.9 Å². The quantitative estimate of drug-likeness (QED) is 0.686. The van der Waals surface area contributed by atoms with Gasteiger partial charge in [0.05, 0.1) is 6.54 Å². The zero-order valence-corrected chi connectivity index (χ0v) is 12.8. The van der Waals surface area contributed by atoms with Crippen molar-refractivity contribution in [1.82, 2.24) is 10.6 Å². The van der Waals surface area contributed by atoms with Gasteiger partial charge < -0.3 is 15.4 Å². The molecule has 1 aromatic carbocycles. The van der Waals surface area contributed by atoms with Gasteiger partial charge in [0.1, 0.15) is 18.2 Å². The topological polar surface area (TPSA) is 50.4 Å². The summed E-state index contributed by atoms with van der Waals surface area (Å²) in [5, 5.41) is 5.60. The highest BCUT2D eigenvalue weighted by molar-refractivity contribution is 5.74. The monoisotopic (exact) mass is 296 g/mol. The lowest BCUT2D eigenvalue weighted by atomic mass is 10.1. The molecule has 0 spiro atoms. The summed E-state index contributed by atoms with van der Waals surface area (Å²) in [5.41, 5.74) is 0. The second-order valence-corrected chi connectivity index (χ2v) is 5.10. The molecular weight excluding hydrogens is 271 g/mol. The van der Waals surface area contributed by atoms with Crippen molar-refractivity contribution in [2.24, 2.45) is 0 Å². The van der Waals surface area contributed by atoms with Crippen LogP contribution < -0.4 is 15.4 Å². The van der Waals surface area contributed by atoms with Gasteiger partial charge in [-0.15, -0.1) is 0 Å². The van der Waals surface area contributed by atoms with Crippen LogP contribution in [0.2, 0.25) is 0 Å². The molecule has 1 atom stereocenters.